The highest BCUT2D eigenvalue weighted by atomic mass is 35.5. The fourth-order valence-electron chi connectivity index (χ4n) is 1.79. The van der Waals surface area contributed by atoms with E-state index in [1.54, 1.807) is 38.2 Å². The summed E-state index contributed by atoms with van der Waals surface area (Å²) < 4.78 is 26.0. The lowest BCUT2D eigenvalue weighted by Crippen LogP contribution is -2.33. The second kappa shape index (κ2) is 9.22. The maximum absolute atomic E-state index is 12.3. The molecule has 0 spiro atoms. The van der Waals surface area contributed by atoms with Crippen molar-refractivity contribution in [1.82, 2.24) is 9.62 Å². The fraction of sp³-hybridized carbons (Fsp3) is 0.533. The number of carbonyl (C=O) groups is 1. The summed E-state index contributed by atoms with van der Waals surface area (Å²) in [5, 5.41) is 2.75. The third-order valence-electron chi connectivity index (χ3n) is 3.32. The predicted octanol–water partition coefficient (Wildman–Crippen LogP) is 1.49. The minimum Gasteiger partial charge on any atom is -0.352 e. The summed E-state index contributed by atoms with van der Waals surface area (Å²) in [4.78, 5) is 11.8. The van der Waals surface area contributed by atoms with Crippen molar-refractivity contribution in [3.63, 3.8) is 0 Å². The molecule has 0 bridgehead atoms. The molecule has 0 saturated heterocycles. The highest BCUT2D eigenvalue weighted by Crippen LogP contribution is 2.17. The molecule has 0 aliphatic heterocycles. The number of amides is 1. The van der Waals surface area contributed by atoms with Crippen molar-refractivity contribution in [3.8, 4) is 0 Å². The van der Waals surface area contributed by atoms with Crippen LogP contribution in [0.2, 0.25) is 0 Å². The number of sulfonamides is 1. The minimum absolute atomic E-state index is 0. The highest BCUT2D eigenvalue weighted by molar-refractivity contribution is 7.89. The lowest BCUT2D eigenvalue weighted by Gasteiger charge is -2.21. The number of nitrogens with two attached hydrogens (primary N) is 1. The van der Waals surface area contributed by atoms with Gasteiger partial charge in [-0.05, 0) is 38.5 Å². The Kier molecular flexibility index (Phi) is 8.76. The third kappa shape index (κ3) is 6.47. The number of nitrogens with one attached hydrogen (secondary N) is 1. The van der Waals surface area contributed by atoms with E-state index in [1.165, 1.54) is 4.31 Å². The first-order valence-corrected chi connectivity index (χ1v) is 8.68. The molecule has 1 atom stereocenters. The maximum atomic E-state index is 12.3. The molecule has 8 heteroatoms. The van der Waals surface area contributed by atoms with Gasteiger partial charge in [-0.1, -0.05) is 12.1 Å². The van der Waals surface area contributed by atoms with Crippen molar-refractivity contribution >= 4 is 28.3 Å². The van der Waals surface area contributed by atoms with E-state index < -0.39 is 10.0 Å². The molecule has 0 fully saturated rings. The molecule has 0 radical (unpaired) electrons. The summed E-state index contributed by atoms with van der Waals surface area (Å²) in [6.45, 7) is 5.76. The molecule has 23 heavy (non-hydrogen) atoms. The van der Waals surface area contributed by atoms with Gasteiger partial charge in [-0.25, -0.2) is 8.42 Å². The van der Waals surface area contributed by atoms with E-state index in [0.29, 0.717) is 6.54 Å². The molecular weight excluding hydrogens is 338 g/mol. The van der Waals surface area contributed by atoms with Crippen LogP contribution in [0.4, 0.5) is 0 Å². The van der Waals surface area contributed by atoms with Crippen LogP contribution in [0.1, 0.15) is 32.8 Å². The number of halogens is 1. The topological polar surface area (TPSA) is 92.5 Å². The molecule has 0 aromatic heterocycles. The average molecular weight is 364 g/mol. The van der Waals surface area contributed by atoms with Gasteiger partial charge in [0.2, 0.25) is 15.9 Å². The Labute approximate surface area is 144 Å². The Balaban J connectivity index is 0.00000484. The highest BCUT2D eigenvalue weighted by Gasteiger charge is 2.22. The van der Waals surface area contributed by atoms with Gasteiger partial charge in [0.15, 0.2) is 0 Å². The zero-order valence-electron chi connectivity index (χ0n) is 13.9. The number of nitrogens with zero attached hydrogens (tertiary/aromatic N) is 1. The van der Waals surface area contributed by atoms with Crippen LogP contribution < -0.4 is 11.1 Å². The zero-order chi connectivity index (χ0) is 16.9. The van der Waals surface area contributed by atoms with Gasteiger partial charge >= 0.3 is 0 Å². The SMILES string of the molecule is CC(N)CC(=O)NCc1ccc(S(=O)(=O)N(C)C(C)C)cc1.Cl. The fourth-order valence-corrected chi connectivity index (χ4v) is 3.16. The van der Waals surface area contributed by atoms with Crippen LogP contribution in [0.3, 0.4) is 0 Å². The van der Waals surface area contributed by atoms with E-state index in [-0.39, 0.29) is 41.7 Å². The van der Waals surface area contributed by atoms with Crippen LogP contribution in [-0.4, -0.2) is 37.8 Å². The monoisotopic (exact) mass is 363 g/mol. The van der Waals surface area contributed by atoms with Crippen LogP contribution >= 0.6 is 12.4 Å². The molecule has 1 rings (SSSR count). The van der Waals surface area contributed by atoms with E-state index in [0.717, 1.165) is 5.56 Å². The van der Waals surface area contributed by atoms with Crippen molar-refractivity contribution in [1.29, 1.82) is 0 Å². The van der Waals surface area contributed by atoms with Gasteiger partial charge in [0.05, 0.1) is 4.90 Å². The van der Waals surface area contributed by atoms with E-state index in [4.69, 9.17) is 5.73 Å². The predicted molar refractivity (Wildman–Crippen MR) is 93.9 cm³/mol. The molecule has 0 heterocycles. The van der Waals surface area contributed by atoms with E-state index in [1.807, 2.05) is 13.8 Å². The molecule has 0 saturated carbocycles. The van der Waals surface area contributed by atoms with Crippen LogP contribution in [0.25, 0.3) is 0 Å². The molecule has 1 unspecified atom stereocenters. The molecular formula is C15H26ClN3O3S. The Bertz CT molecular complexity index is 601. The summed E-state index contributed by atoms with van der Waals surface area (Å²) >= 11 is 0. The lowest BCUT2D eigenvalue weighted by molar-refractivity contribution is -0.121. The summed E-state index contributed by atoms with van der Waals surface area (Å²) in [6.07, 6.45) is 0.269. The van der Waals surface area contributed by atoms with Crippen LogP contribution in [0.15, 0.2) is 29.2 Å². The summed E-state index contributed by atoms with van der Waals surface area (Å²) in [5.74, 6) is -0.119. The number of rotatable bonds is 7. The zero-order valence-corrected chi connectivity index (χ0v) is 15.6. The Morgan fingerprint density at radius 3 is 2.17 bits per heavy atom. The maximum Gasteiger partial charge on any atom is 0.243 e. The summed E-state index contributed by atoms with van der Waals surface area (Å²) in [7, 11) is -1.92. The standard InChI is InChI=1S/C15H25N3O3S.ClH/c1-11(2)18(4)22(20,21)14-7-5-13(6-8-14)10-17-15(19)9-12(3)16;/h5-8,11-12H,9-10,16H2,1-4H3,(H,17,19);1H. The first kappa shape index (κ1) is 21.9. The van der Waals surface area contributed by atoms with Crippen molar-refractivity contribution in [2.75, 3.05) is 7.05 Å². The van der Waals surface area contributed by atoms with Gasteiger partial charge in [0.25, 0.3) is 0 Å². The lowest BCUT2D eigenvalue weighted by atomic mass is 10.2. The molecule has 1 amide bonds. The largest absolute Gasteiger partial charge is 0.352 e. The second-order valence-electron chi connectivity index (χ2n) is 5.72. The van der Waals surface area contributed by atoms with E-state index in [9.17, 15) is 13.2 Å². The number of carbonyl (C=O) groups excluding carboxylic acids is 1. The molecule has 3 N–H and O–H groups in total. The van der Waals surface area contributed by atoms with Crippen molar-refractivity contribution in [2.45, 2.75) is 50.7 Å². The molecule has 1 aromatic rings. The number of hydrogen-bond donors (Lipinski definition) is 2. The Hall–Kier alpha value is -1.15. The average Bonchev–Trinajstić information content (AvgIpc) is 2.43. The van der Waals surface area contributed by atoms with Gasteiger partial charge in [-0.3, -0.25) is 4.79 Å². The minimum atomic E-state index is -3.47. The van der Waals surface area contributed by atoms with Crippen molar-refractivity contribution in [2.24, 2.45) is 5.73 Å². The first-order valence-electron chi connectivity index (χ1n) is 7.24. The van der Waals surface area contributed by atoms with Gasteiger partial charge in [0, 0.05) is 32.1 Å². The molecule has 0 aliphatic carbocycles. The van der Waals surface area contributed by atoms with Gasteiger partial charge in [-0.2, -0.15) is 4.31 Å². The van der Waals surface area contributed by atoms with E-state index in [2.05, 4.69) is 5.32 Å². The smallest absolute Gasteiger partial charge is 0.243 e. The second-order valence-corrected chi connectivity index (χ2v) is 7.71. The van der Waals surface area contributed by atoms with Crippen molar-refractivity contribution < 1.29 is 13.2 Å². The first-order chi connectivity index (χ1) is 10.1. The van der Waals surface area contributed by atoms with Crippen LogP contribution in [0, 0.1) is 0 Å². The normalized spacial score (nSPS) is 12.8. The Morgan fingerprint density at radius 1 is 1.22 bits per heavy atom. The van der Waals surface area contributed by atoms with Crippen molar-refractivity contribution in [3.05, 3.63) is 29.8 Å². The molecule has 132 valence electrons. The summed E-state index contributed by atoms with van der Waals surface area (Å²) in [5.41, 5.74) is 6.39. The van der Waals surface area contributed by atoms with E-state index >= 15 is 0 Å². The quantitative estimate of drug-likeness (QED) is 0.767. The van der Waals surface area contributed by atoms with Gasteiger partial charge in [0.1, 0.15) is 0 Å². The van der Waals surface area contributed by atoms with Crippen LogP contribution in [0.5, 0.6) is 0 Å². The Morgan fingerprint density at radius 2 is 1.74 bits per heavy atom. The number of hydrogen-bond acceptors (Lipinski definition) is 4. The third-order valence-corrected chi connectivity index (χ3v) is 5.37. The molecule has 6 nitrogen and oxygen atoms in total. The van der Waals surface area contributed by atoms with Crippen LogP contribution in [-0.2, 0) is 21.4 Å². The molecule has 1 aromatic carbocycles. The molecule has 0 aliphatic rings. The number of benzene rings is 1. The van der Waals surface area contributed by atoms with Gasteiger partial charge < -0.3 is 11.1 Å². The van der Waals surface area contributed by atoms with Gasteiger partial charge in [-0.15, -0.1) is 12.4 Å². The summed E-state index contributed by atoms with van der Waals surface area (Å²) in [6, 6.07) is 6.23.